The maximum atomic E-state index is 11.6. The smallest absolute Gasteiger partial charge is 0.233 e. The summed E-state index contributed by atoms with van der Waals surface area (Å²) in [4.78, 5) is 14.1. The number of rotatable bonds is 8. The van der Waals surface area contributed by atoms with E-state index >= 15 is 0 Å². The molecule has 0 aromatic rings. The van der Waals surface area contributed by atoms with Crippen LogP contribution in [0.3, 0.4) is 0 Å². The molecule has 2 N–H and O–H groups in total. The largest absolute Gasteiger partial charge is 0.355 e. The van der Waals surface area contributed by atoms with E-state index in [0.717, 1.165) is 32.0 Å². The van der Waals surface area contributed by atoms with Gasteiger partial charge in [0.05, 0.1) is 6.54 Å². The van der Waals surface area contributed by atoms with Gasteiger partial charge in [0.1, 0.15) is 0 Å². The van der Waals surface area contributed by atoms with Crippen molar-refractivity contribution in [1.29, 1.82) is 0 Å². The van der Waals surface area contributed by atoms with E-state index in [9.17, 15) is 4.79 Å². The Balaban J connectivity index is 1.42. The van der Waals surface area contributed by atoms with Gasteiger partial charge >= 0.3 is 0 Å². The fourth-order valence-corrected chi connectivity index (χ4v) is 2.66. The summed E-state index contributed by atoms with van der Waals surface area (Å²) in [5.74, 6) is 0.993. The molecule has 4 heteroatoms. The molecule has 0 bridgehead atoms. The molecule has 2 fully saturated rings. The van der Waals surface area contributed by atoms with Gasteiger partial charge in [-0.05, 0) is 64.2 Å². The standard InChI is InChI=1S/C15H29N3O/c19-15(13-16-12-14-6-7-14)17-8-5-11-18-9-3-1-2-4-10-18/h14,16H,1-13H2,(H,17,19). The van der Waals surface area contributed by atoms with Crippen molar-refractivity contribution in [2.24, 2.45) is 5.92 Å². The fraction of sp³-hybridized carbons (Fsp3) is 0.933. The summed E-state index contributed by atoms with van der Waals surface area (Å²) in [5, 5.41) is 6.23. The van der Waals surface area contributed by atoms with E-state index in [4.69, 9.17) is 0 Å². The number of amides is 1. The second kappa shape index (κ2) is 8.54. The van der Waals surface area contributed by atoms with E-state index in [1.54, 1.807) is 0 Å². The zero-order valence-electron chi connectivity index (χ0n) is 12.1. The Labute approximate surface area is 117 Å². The number of carbonyl (C=O) groups excluding carboxylic acids is 1. The Morgan fingerprint density at radius 2 is 1.84 bits per heavy atom. The molecule has 4 nitrogen and oxygen atoms in total. The minimum Gasteiger partial charge on any atom is -0.355 e. The van der Waals surface area contributed by atoms with Crippen LogP contribution in [-0.4, -0.2) is 50.1 Å². The van der Waals surface area contributed by atoms with Crippen molar-refractivity contribution in [3.05, 3.63) is 0 Å². The molecule has 2 aliphatic rings. The van der Waals surface area contributed by atoms with E-state index in [1.807, 2.05) is 0 Å². The van der Waals surface area contributed by atoms with Gasteiger partial charge in [0.2, 0.25) is 5.91 Å². The van der Waals surface area contributed by atoms with Crippen molar-refractivity contribution in [1.82, 2.24) is 15.5 Å². The van der Waals surface area contributed by atoms with Crippen molar-refractivity contribution >= 4 is 5.91 Å². The molecule has 19 heavy (non-hydrogen) atoms. The van der Waals surface area contributed by atoms with Crippen LogP contribution in [0.15, 0.2) is 0 Å². The zero-order chi connectivity index (χ0) is 13.3. The third kappa shape index (κ3) is 6.92. The molecule has 1 heterocycles. The summed E-state index contributed by atoms with van der Waals surface area (Å²) in [6.07, 6.45) is 9.22. The van der Waals surface area contributed by atoms with Crippen molar-refractivity contribution < 1.29 is 4.79 Å². The molecule has 1 saturated heterocycles. The molecule has 0 aromatic carbocycles. The minimum atomic E-state index is 0.150. The van der Waals surface area contributed by atoms with E-state index in [0.29, 0.717) is 6.54 Å². The summed E-state index contributed by atoms with van der Waals surface area (Å²) in [6.45, 7) is 5.95. The highest BCUT2D eigenvalue weighted by Crippen LogP contribution is 2.27. The number of hydrogen-bond donors (Lipinski definition) is 2. The second-order valence-electron chi connectivity index (χ2n) is 6.03. The Morgan fingerprint density at radius 3 is 2.53 bits per heavy atom. The average molecular weight is 267 g/mol. The number of nitrogens with one attached hydrogen (secondary N) is 2. The molecule has 0 atom stereocenters. The van der Waals surface area contributed by atoms with Crippen LogP contribution in [0.25, 0.3) is 0 Å². The quantitative estimate of drug-likeness (QED) is 0.653. The second-order valence-corrected chi connectivity index (χ2v) is 6.03. The lowest BCUT2D eigenvalue weighted by atomic mass is 10.2. The van der Waals surface area contributed by atoms with E-state index in [2.05, 4.69) is 15.5 Å². The highest BCUT2D eigenvalue weighted by molar-refractivity contribution is 5.77. The molecular weight excluding hydrogens is 238 g/mol. The van der Waals surface area contributed by atoms with E-state index in [-0.39, 0.29) is 5.91 Å². The highest BCUT2D eigenvalue weighted by atomic mass is 16.1. The average Bonchev–Trinajstić information content (AvgIpc) is 3.22. The van der Waals surface area contributed by atoms with Crippen molar-refractivity contribution in [3.63, 3.8) is 0 Å². The maximum Gasteiger partial charge on any atom is 0.233 e. The summed E-state index contributed by atoms with van der Waals surface area (Å²) >= 11 is 0. The first-order valence-corrected chi connectivity index (χ1v) is 8.04. The molecule has 0 aromatic heterocycles. The monoisotopic (exact) mass is 267 g/mol. The molecule has 2 rings (SSSR count). The van der Waals surface area contributed by atoms with E-state index in [1.165, 1.54) is 51.6 Å². The molecule has 1 aliphatic carbocycles. The third-order valence-corrected chi connectivity index (χ3v) is 4.09. The van der Waals surface area contributed by atoms with Crippen LogP contribution in [0.2, 0.25) is 0 Å². The molecule has 0 unspecified atom stereocenters. The molecule has 1 aliphatic heterocycles. The summed E-state index contributed by atoms with van der Waals surface area (Å²) in [5.41, 5.74) is 0. The lowest BCUT2D eigenvalue weighted by Gasteiger charge is -2.19. The highest BCUT2D eigenvalue weighted by Gasteiger charge is 2.20. The number of nitrogens with zero attached hydrogens (tertiary/aromatic N) is 1. The Hall–Kier alpha value is -0.610. The number of likely N-dealkylation sites (tertiary alicyclic amines) is 1. The summed E-state index contributed by atoms with van der Waals surface area (Å²) in [7, 11) is 0. The first-order valence-electron chi connectivity index (χ1n) is 8.04. The number of hydrogen-bond acceptors (Lipinski definition) is 3. The third-order valence-electron chi connectivity index (χ3n) is 4.09. The van der Waals surface area contributed by atoms with Gasteiger partial charge in [-0.3, -0.25) is 4.79 Å². The predicted octanol–water partition coefficient (Wildman–Crippen LogP) is 1.37. The van der Waals surface area contributed by atoms with Crippen LogP contribution in [0.1, 0.15) is 44.9 Å². The topological polar surface area (TPSA) is 44.4 Å². The van der Waals surface area contributed by atoms with E-state index < -0.39 is 0 Å². The van der Waals surface area contributed by atoms with Crippen molar-refractivity contribution in [2.45, 2.75) is 44.9 Å². The summed E-state index contributed by atoms with van der Waals surface area (Å²) in [6, 6.07) is 0. The van der Waals surface area contributed by atoms with Gasteiger partial charge in [-0.2, -0.15) is 0 Å². The molecular formula is C15H29N3O. The van der Waals surface area contributed by atoms with Crippen molar-refractivity contribution in [3.8, 4) is 0 Å². The van der Waals surface area contributed by atoms with Crippen LogP contribution in [0.4, 0.5) is 0 Å². The Morgan fingerprint density at radius 1 is 1.11 bits per heavy atom. The molecule has 0 radical (unpaired) electrons. The van der Waals surface area contributed by atoms with Crippen molar-refractivity contribution in [2.75, 3.05) is 39.3 Å². The molecule has 0 spiro atoms. The van der Waals surface area contributed by atoms with Gasteiger partial charge < -0.3 is 15.5 Å². The molecule has 1 saturated carbocycles. The predicted molar refractivity (Wildman–Crippen MR) is 78.1 cm³/mol. The van der Waals surface area contributed by atoms with Crippen LogP contribution in [0.5, 0.6) is 0 Å². The van der Waals surface area contributed by atoms with Gasteiger partial charge in [-0.15, -0.1) is 0 Å². The lowest BCUT2D eigenvalue weighted by Crippen LogP contribution is -2.36. The SMILES string of the molecule is O=C(CNCC1CC1)NCCCN1CCCCCC1. The Bertz CT molecular complexity index is 258. The lowest BCUT2D eigenvalue weighted by molar-refractivity contribution is -0.120. The van der Waals surface area contributed by atoms with Gasteiger partial charge in [-0.25, -0.2) is 0 Å². The van der Waals surface area contributed by atoms with Gasteiger partial charge in [0.25, 0.3) is 0 Å². The van der Waals surface area contributed by atoms with Crippen LogP contribution < -0.4 is 10.6 Å². The fourth-order valence-electron chi connectivity index (χ4n) is 2.66. The van der Waals surface area contributed by atoms with Crippen LogP contribution in [-0.2, 0) is 4.79 Å². The normalized spacial score (nSPS) is 21.1. The molecule has 110 valence electrons. The van der Waals surface area contributed by atoms with Crippen LogP contribution >= 0.6 is 0 Å². The molecule has 1 amide bonds. The first-order chi connectivity index (χ1) is 9.34. The Kier molecular flexibility index (Phi) is 6.65. The van der Waals surface area contributed by atoms with Gasteiger partial charge in [0.15, 0.2) is 0 Å². The first kappa shape index (κ1) is 14.8. The number of carbonyl (C=O) groups is 1. The van der Waals surface area contributed by atoms with Crippen LogP contribution in [0, 0.1) is 5.92 Å². The van der Waals surface area contributed by atoms with Gasteiger partial charge in [-0.1, -0.05) is 12.8 Å². The van der Waals surface area contributed by atoms with Gasteiger partial charge in [0, 0.05) is 6.54 Å². The maximum absolute atomic E-state index is 11.6. The zero-order valence-corrected chi connectivity index (χ0v) is 12.1. The summed E-state index contributed by atoms with van der Waals surface area (Å²) < 4.78 is 0. The minimum absolute atomic E-state index is 0.150.